The molecule has 29 heavy (non-hydrogen) atoms. The van der Waals surface area contributed by atoms with Gasteiger partial charge in [-0.1, -0.05) is 12.8 Å². The van der Waals surface area contributed by atoms with Gasteiger partial charge in [-0.25, -0.2) is 4.98 Å². The van der Waals surface area contributed by atoms with Gasteiger partial charge in [0.05, 0.1) is 5.56 Å². The zero-order valence-electron chi connectivity index (χ0n) is 16.1. The molecule has 8 nitrogen and oxygen atoms in total. The minimum Gasteiger partial charge on any atom is -0.466 e. The number of hydrogen-bond donors (Lipinski definition) is 3. The normalized spacial score (nSPS) is 15.8. The van der Waals surface area contributed by atoms with E-state index in [9.17, 15) is 14.4 Å². The molecule has 0 saturated heterocycles. The quantitative estimate of drug-likeness (QED) is 0.739. The fraction of sp³-hybridized carbons (Fsp3) is 0.333. The molecule has 4 rings (SSSR count). The van der Waals surface area contributed by atoms with Gasteiger partial charge in [0.1, 0.15) is 5.69 Å². The standard InChI is InChI=1S/C21H22N4O4/c1-12-8-13(19(27)23-15-4-2-3-5-15)6-7-16(12)25-20(28)14-9-17-21(22-10-14)29-11-18(26)24-17/h6-10,15H,2-5,11H2,1H3,(H,23,27)(H,24,26)(H,25,28). The van der Waals surface area contributed by atoms with E-state index < -0.39 is 0 Å². The van der Waals surface area contributed by atoms with Crippen LogP contribution in [0.15, 0.2) is 30.5 Å². The third-order valence-electron chi connectivity index (χ3n) is 5.15. The summed E-state index contributed by atoms with van der Waals surface area (Å²) >= 11 is 0. The predicted molar refractivity (Wildman–Crippen MR) is 107 cm³/mol. The van der Waals surface area contributed by atoms with Gasteiger partial charge in [-0.3, -0.25) is 14.4 Å². The first-order chi connectivity index (χ1) is 14.0. The van der Waals surface area contributed by atoms with Gasteiger partial charge in [0.2, 0.25) is 5.88 Å². The molecule has 1 aromatic heterocycles. The monoisotopic (exact) mass is 394 g/mol. The maximum absolute atomic E-state index is 12.6. The maximum atomic E-state index is 12.6. The van der Waals surface area contributed by atoms with Crippen molar-refractivity contribution in [3.63, 3.8) is 0 Å². The van der Waals surface area contributed by atoms with Gasteiger partial charge in [0.25, 0.3) is 17.7 Å². The highest BCUT2D eigenvalue weighted by molar-refractivity contribution is 6.06. The van der Waals surface area contributed by atoms with E-state index in [2.05, 4.69) is 20.9 Å². The van der Waals surface area contributed by atoms with Crippen molar-refractivity contribution < 1.29 is 19.1 Å². The third-order valence-corrected chi connectivity index (χ3v) is 5.15. The van der Waals surface area contributed by atoms with E-state index in [4.69, 9.17) is 4.74 Å². The Morgan fingerprint density at radius 1 is 1.14 bits per heavy atom. The summed E-state index contributed by atoms with van der Waals surface area (Å²) in [5, 5.41) is 8.51. The molecular weight excluding hydrogens is 372 g/mol. The second-order valence-corrected chi connectivity index (χ2v) is 7.35. The van der Waals surface area contributed by atoms with Gasteiger partial charge in [-0.05, 0) is 49.6 Å². The Labute approximate surface area is 168 Å². The molecule has 0 radical (unpaired) electrons. The van der Waals surface area contributed by atoms with Crippen molar-refractivity contribution in [1.82, 2.24) is 10.3 Å². The van der Waals surface area contributed by atoms with Crippen LogP contribution >= 0.6 is 0 Å². The zero-order chi connectivity index (χ0) is 20.4. The Bertz CT molecular complexity index is 983. The van der Waals surface area contributed by atoms with Crippen molar-refractivity contribution in [2.45, 2.75) is 38.6 Å². The van der Waals surface area contributed by atoms with E-state index >= 15 is 0 Å². The van der Waals surface area contributed by atoms with Crippen molar-refractivity contribution in [2.24, 2.45) is 0 Å². The highest BCUT2D eigenvalue weighted by Crippen LogP contribution is 2.26. The number of rotatable bonds is 4. The number of benzene rings is 1. The topological polar surface area (TPSA) is 109 Å². The molecule has 150 valence electrons. The number of aryl methyl sites for hydroxylation is 1. The SMILES string of the molecule is Cc1cc(C(=O)NC2CCCC2)ccc1NC(=O)c1cnc2c(c1)NC(=O)CO2. The molecule has 0 unspecified atom stereocenters. The molecule has 3 amide bonds. The minimum atomic E-state index is -0.369. The van der Waals surface area contributed by atoms with Gasteiger partial charge in [-0.15, -0.1) is 0 Å². The third kappa shape index (κ3) is 4.21. The zero-order valence-corrected chi connectivity index (χ0v) is 16.1. The summed E-state index contributed by atoms with van der Waals surface area (Å²) in [7, 11) is 0. The first-order valence-electron chi connectivity index (χ1n) is 9.65. The van der Waals surface area contributed by atoms with Gasteiger partial charge >= 0.3 is 0 Å². The van der Waals surface area contributed by atoms with Crippen LogP contribution in [0, 0.1) is 6.92 Å². The van der Waals surface area contributed by atoms with Gasteiger partial charge < -0.3 is 20.7 Å². The van der Waals surface area contributed by atoms with Crippen LogP contribution in [0.2, 0.25) is 0 Å². The van der Waals surface area contributed by atoms with E-state index in [0.717, 1.165) is 31.2 Å². The lowest BCUT2D eigenvalue weighted by molar-refractivity contribution is -0.118. The molecule has 1 aromatic carbocycles. The van der Waals surface area contributed by atoms with Gasteiger partial charge in [-0.2, -0.15) is 0 Å². The summed E-state index contributed by atoms with van der Waals surface area (Å²) in [6, 6.07) is 6.95. The molecule has 8 heteroatoms. The molecule has 2 aliphatic rings. The first kappa shape index (κ1) is 18.9. The average Bonchev–Trinajstić information content (AvgIpc) is 3.21. The van der Waals surface area contributed by atoms with Crippen LogP contribution in [0.25, 0.3) is 0 Å². The Kier molecular flexibility index (Phi) is 5.16. The van der Waals surface area contributed by atoms with Crippen molar-refractivity contribution in [1.29, 1.82) is 0 Å². The second kappa shape index (κ2) is 7.90. The average molecular weight is 394 g/mol. The van der Waals surface area contributed by atoms with Crippen LogP contribution in [-0.2, 0) is 4.79 Å². The molecule has 0 spiro atoms. The minimum absolute atomic E-state index is 0.0903. The van der Waals surface area contributed by atoms with Crippen molar-refractivity contribution >= 4 is 29.1 Å². The molecule has 0 atom stereocenters. The molecule has 1 saturated carbocycles. The summed E-state index contributed by atoms with van der Waals surface area (Å²) in [6.07, 6.45) is 5.76. The number of ether oxygens (including phenoxy) is 1. The fourth-order valence-corrected chi connectivity index (χ4v) is 3.58. The number of amides is 3. The Balaban J connectivity index is 1.45. The first-order valence-corrected chi connectivity index (χ1v) is 9.65. The lowest BCUT2D eigenvalue weighted by Gasteiger charge is -2.17. The number of nitrogens with one attached hydrogen (secondary N) is 3. The number of nitrogens with zero attached hydrogens (tertiary/aromatic N) is 1. The number of anilines is 2. The lowest BCUT2D eigenvalue weighted by Crippen LogP contribution is -2.32. The highest BCUT2D eigenvalue weighted by atomic mass is 16.5. The van der Waals surface area contributed by atoms with Crippen molar-refractivity contribution in [3.05, 3.63) is 47.2 Å². The van der Waals surface area contributed by atoms with Crippen LogP contribution in [0.5, 0.6) is 5.88 Å². The molecule has 3 N–H and O–H groups in total. The Morgan fingerprint density at radius 3 is 2.69 bits per heavy atom. The summed E-state index contributed by atoms with van der Waals surface area (Å²) in [5.74, 6) is -0.465. The van der Waals surface area contributed by atoms with Crippen molar-refractivity contribution in [2.75, 3.05) is 17.2 Å². The Morgan fingerprint density at radius 2 is 1.93 bits per heavy atom. The van der Waals surface area contributed by atoms with E-state index in [0.29, 0.717) is 16.9 Å². The predicted octanol–water partition coefficient (Wildman–Crippen LogP) is 2.65. The van der Waals surface area contributed by atoms with E-state index in [1.54, 1.807) is 18.2 Å². The van der Waals surface area contributed by atoms with E-state index in [-0.39, 0.29) is 41.8 Å². The molecule has 1 fully saturated rings. The van der Waals surface area contributed by atoms with Crippen LogP contribution in [-0.4, -0.2) is 35.4 Å². The molecule has 2 heterocycles. The number of hydrogen-bond acceptors (Lipinski definition) is 5. The number of pyridine rings is 1. The van der Waals surface area contributed by atoms with Gasteiger partial charge in [0, 0.05) is 23.5 Å². The number of carbonyl (C=O) groups excluding carboxylic acids is 3. The summed E-state index contributed by atoms with van der Waals surface area (Å²) in [4.78, 5) is 40.5. The van der Waals surface area contributed by atoms with Crippen LogP contribution < -0.4 is 20.7 Å². The second-order valence-electron chi connectivity index (χ2n) is 7.35. The highest BCUT2D eigenvalue weighted by Gasteiger charge is 2.20. The number of fused-ring (bicyclic) bond motifs is 1. The summed E-state index contributed by atoms with van der Waals surface area (Å²) in [6.45, 7) is 1.74. The smallest absolute Gasteiger partial charge is 0.262 e. The van der Waals surface area contributed by atoms with Crippen LogP contribution in [0.4, 0.5) is 11.4 Å². The Hall–Kier alpha value is -3.42. The van der Waals surface area contributed by atoms with E-state index in [1.807, 2.05) is 6.92 Å². The van der Waals surface area contributed by atoms with Crippen molar-refractivity contribution in [3.8, 4) is 5.88 Å². The number of carbonyl (C=O) groups is 3. The fourth-order valence-electron chi connectivity index (χ4n) is 3.58. The molecule has 1 aliphatic carbocycles. The molecule has 2 aromatic rings. The molecule has 1 aliphatic heterocycles. The molecular formula is C21H22N4O4. The molecule has 0 bridgehead atoms. The van der Waals surface area contributed by atoms with Gasteiger partial charge in [0.15, 0.2) is 6.61 Å². The lowest BCUT2D eigenvalue weighted by atomic mass is 10.1. The maximum Gasteiger partial charge on any atom is 0.262 e. The number of aromatic nitrogens is 1. The largest absolute Gasteiger partial charge is 0.466 e. The van der Waals surface area contributed by atoms with E-state index in [1.165, 1.54) is 12.3 Å². The summed E-state index contributed by atoms with van der Waals surface area (Å²) in [5.41, 5.74) is 2.61. The summed E-state index contributed by atoms with van der Waals surface area (Å²) < 4.78 is 5.20. The van der Waals surface area contributed by atoms with Crippen LogP contribution in [0.3, 0.4) is 0 Å². The van der Waals surface area contributed by atoms with Crippen LogP contribution in [0.1, 0.15) is 52.0 Å².